The number of hydrogen-bond acceptors (Lipinski definition) is 1. The van der Waals surface area contributed by atoms with Crippen LogP contribution in [0.5, 0.6) is 0 Å². The number of rotatable bonds is 0. The van der Waals surface area contributed by atoms with E-state index in [9.17, 15) is 0 Å². The Morgan fingerprint density at radius 1 is 1.50 bits per heavy atom. The number of aliphatic hydroxyl groups is 1. The van der Waals surface area contributed by atoms with Crippen molar-refractivity contribution < 1.29 is 21.8 Å². The van der Waals surface area contributed by atoms with Gasteiger partial charge in [0.25, 0.3) is 0 Å². The third-order valence-corrected chi connectivity index (χ3v) is 0. The summed E-state index contributed by atoms with van der Waals surface area (Å²) in [4.78, 5) is 0. The molecule has 0 bridgehead atoms. The van der Waals surface area contributed by atoms with Gasteiger partial charge < -0.3 is 5.11 Å². The summed E-state index contributed by atoms with van der Waals surface area (Å²) in [6.45, 7) is 3.44. The first-order chi connectivity index (χ1) is 2.73. The van der Waals surface area contributed by atoms with Crippen LogP contribution in [0.4, 0.5) is 0 Å². The summed E-state index contributed by atoms with van der Waals surface area (Å²) in [6.07, 6.45) is -0.167. The van der Waals surface area contributed by atoms with E-state index in [1.165, 1.54) is 0 Å². The average molecular weight is 235 g/mol. The SMILES string of the molecule is CC(C)O.[Ti][I]. The molecular weight excluding hydrogens is 227 g/mol. The molecule has 6 heavy (non-hydrogen) atoms. The molecule has 0 aliphatic heterocycles. The normalized spacial score (nSPS) is 6.67. The number of hydrogen-bond donors (Lipinski definition) is 1. The van der Waals surface area contributed by atoms with E-state index in [-0.39, 0.29) is 6.10 Å². The third kappa shape index (κ3) is 53.2. The maximum absolute atomic E-state index is 8.06. The van der Waals surface area contributed by atoms with Crippen LogP contribution < -0.4 is 0 Å². The molecule has 1 N–H and O–H groups in total. The molecule has 0 aliphatic rings. The molecule has 0 radical (unpaired) electrons. The van der Waals surface area contributed by atoms with Gasteiger partial charge in [0.1, 0.15) is 0 Å². The molecule has 0 aromatic carbocycles. The van der Waals surface area contributed by atoms with Gasteiger partial charge in [-0.2, -0.15) is 0 Å². The van der Waals surface area contributed by atoms with Gasteiger partial charge in [0.2, 0.25) is 0 Å². The summed E-state index contributed by atoms with van der Waals surface area (Å²) in [5.41, 5.74) is 0. The first kappa shape index (κ1) is 10.4. The minimum atomic E-state index is -0.167. The van der Waals surface area contributed by atoms with Crippen LogP contribution in [0, 0.1) is 0 Å². The predicted octanol–water partition coefficient (Wildman–Crippen LogP) is 1.27. The fourth-order valence-electron chi connectivity index (χ4n) is 0. The van der Waals surface area contributed by atoms with Crippen LogP contribution in [0.15, 0.2) is 0 Å². The number of halogens is 1. The van der Waals surface area contributed by atoms with Gasteiger partial charge >= 0.3 is 35.9 Å². The first-order valence-electron chi connectivity index (χ1n) is 1.60. The average Bonchev–Trinajstić information content (AvgIpc) is 1.41. The van der Waals surface area contributed by atoms with E-state index in [4.69, 9.17) is 5.11 Å². The molecule has 37 valence electrons. The van der Waals surface area contributed by atoms with Crippen LogP contribution in [0.25, 0.3) is 0 Å². The molecule has 0 atom stereocenters. The third-order valence-electron chi connectivity index (χ3n) is 0. The van der Waals surface area contributed by atoms with Crippen molar-refractivity contribution in [3.05, 3.63) is 0 Å². The summed E-state index contributed by atoms with van der Waals surface area (Å²) < 4.78 is 0. The van der Waals surface area contributed by atoms with Crippen molar-refractivity contribution in [3.8, 4) is 0 Å². The molecule has 0 heterocycles. The fourth-order valence-corrected chi connectivity index (χ4v) is 0. The van der Waals surface area contributed by atoms with Crippen LogP contribution >= 0.6 is 19.2 Å². The van der Waals surface area contributed by atoms with E-state index in [1.54, 1.807) is 13.8 Å². The van der Waals surface area contributed by atoms with Crippen LogP contribution in [0.3, 0.4) is 0 Å². The Bertz CT molecular complexity index is 15.5. The second-order valence-electron chi connectivity index (χ2n) is 1.09. The quantitative estimate of drug-likeness (QED) is 0.495. The summed E-state index contributed by atoms with van der Waals surface area (Å²) in [7, 11) is 0. The Kier molecular flexibility index (Phi) is 16.7. The maximum atomic E-state index is 8.06. The van der Waals surface area contributed by atoms with Crippen molar-refractivity contribution in [2.75, 3.05) is 0 Å². The molecule has 0 unspecified atom stereocenters. The van der Waals surface area contributed by atoms with E-state index in [1.807, 2.05) is 16.7 Å². The van der Waals surface area contributed by atoms with Crippen LogP contribution in [0.1, 0.15) is 13.8 Å². The van der Waals surface area contributed by atoms with Crippen LogP contribution in [0.2, 0.25) is 0 Å². The monoisotopic (exact) mass is 235 g/mol. The zero-order valence-corrected chi connectivity index (χ0v) is 7.62. The Balaban J connectivity index is 0. The molecule has 1 nitrogen and oxygen atoms in total. The standard InChI is InChI=1S/C3H8O.HI.Ti/c1-3(2)4;;/h3-4H,1-2H3;1H;/q;;+1/p-1. The van der Waals surface area contributed by atoms with E-state index >= 15 is 0 Å². The van der Waals surface area contributed by atoms with Gasteiger partial charge in [-0.05, 0) is 13.8 Å². The second-order valence-corrected chi connectivity index (χ2v) is 1.09. The molecule has 0 amide bonds. The van der Waals surface area contributed by atoms with E-state index < -0.39 is 0 Å². The van der Waals surface area contributed by atoms with Gasteiger partial charge in [-0.1, -0.05) is 0 Å². The van der Waals surface area contributed by atoms with Crippen molar-refractivity contribution >= 4 is 19.2 Å². The van der Waals surface area contributed by atoms with Crippen molar-refractivity contribution in [1.29, 1.82) is 0 Å². The molecule has 0 rings (SSSR count). The summed E-state index contributed by atoms with van der Waals surface area (Å²) >= 11 is 4.12. The summed E-state index contributed by atoms with van der Waals surface area (Å²) in [5, 5.41) is 8.06. The van der Waals surface area contributed by atoms with Gasteiger partial charge in [-0.15, -0.1) is 0 Å². The van der Waals surface area contributed by atoms with Crippen molar-refractivity contribution in [3.63, 3.8) is 0 Å². The van der Waals surface area contributed by atoms with E-state index in [2.05, 4.69) is 19.2 Å². The van der Waals surface area contributed by atoms with Gasteiger partial charge in [0.05, 0.1) is 0 Å². The topological polar surface area (TPSA) is 20.2 Å². The molecular formula is C3H8IOTi. The second kappa shape index (κ2) is 9.64. The zero-order valence-electron chi connectivity index (χ0n) is 3.90. The Hall–Kier alpha value is 1.40. The van der Waals surface area contributed by atoms with Gasteiger partial charge in [0, 0.05) is 6.10 Å². The Morgan fingerprint density at radius 3 is 1.50 bits per heavy atom. The molecule has 0 aromatic heterocycles. The summed E-state index contributed by atoms with van der Waals surface area (Å²) in [5.74, 6) is 0. The van der Waals surface area contributed by atoms with Crippen molar-refractivity contribution in [1.82, 2.24) is 0 Å². The van der Waals surface area contributed by atoms with Gasteiger partial charge in [-0.3, -0.25) is 0 Å². The molecule has 0 fully saturated rings. The molecule has 0 aliphatic carbocycles. The van der Waals surface area contributed by atoms with E-state index in [0.29, 0.717) is 0 Å². The first-order valence-corrected chi connectivity index (χ1v) is 6.64. The molecule has 0 spiro atoms. The van der Waals surface area contributed by atoms with Gasteiger partial charge in [-0.25, -0.2) is 0 Å². The van der Waals surface area contributed by atoms with Gasteiger partial charge in [0.15, 0.2) is 0 Å². The van der Waals surface area contributed by atoms with Crippen molar-refractivity contribution in [2.24, 2.45) is 0 Å². The molecule has 0 saturated carbocycles. The van der Waals surface area contributed by atoms with Crippen molar-refractivity contribution in [2.45, 2.75) is 20.0 Å². The Morgan fingerprint density at radius 2 is 1.50 bits per heavy atom. The van der Waals surface area contributed by atoms with Crippen LogP contribution in [-0.2, 0) is 16.7 Å². The molecule has 3 heteroatoms. The summed E-state index contributed by atoms with van der Waals surface area (Å²) in [6, 6.07) is 0. The number of aliphatic hydroxyl groups excluding tert-OH is 1. The molecule has 0 saturated heterocycles. The van der Waals surface area contributed by atoms with Crippen LogP contribution in [-0.4, -0.2) is 11.2 Å². The minimum absolute atomic E-state index is 0.167. The van der Waals surface area contributed by atoms with E-state index in [0.717, 1.165) is 0 Å². The zero-order chi connectivity index (χ0) is 5.58. The predicted molar refractivity (Wildman–Crippen MR) is 31.4 cm³/mol. The molecule has 0 aromatic rings. The fraction of sp³-hybridized carbons (Fsp3) is 1.00. The Labute approximate surface area is 60.6 Å².